The lowest BCUT2D eigenvalue weighted by Gasteiger charge is -2.33. The summed E-state index contributed by atoms with van der Waals surface area (Å²) in [6.07, 6.45) is 2.17. The van der Waals surface area contributed by atoms with Crippen LogP contribution in [0, 0.1) is 11.3 Å². The molecule has 0 saturated heterocycles. The quantitative estimate of drug-likeness (QED) is 0.544. The molecule has 2 atom stereocenters. The third-order valence-corrected chi connectivity index (χ3v) is 5.62. The van der Waals surface area contributed by atoms with E-state index >= 15 is 0 Å². The Bertz CT molecular complexity index is 930. The summed E-state index contributed by atoms with van der Waals surface area (Å²) in [7, 11) is 1.62. The number of carbonyl (C=O) groups is 1. The molecule has 0 N–H and O–H groups in total. The van der Waals surface area contributed by atoms with Crippen molar-refractivity contribution in [2.75, 3.05) is 20.3 Å². The summed E-state index contributed by atoms with van der Waals surface area (Å²) in [4.78, 5) is 33.3. The number of amides is 1. The lowest BCUT2D eigenvalue weighted by molar-refractivity contribution is -0.135. The van der Waals surface area contributed by atoms with Gasteiger partial charge in [-0.2, -0.15) is 0 Å². The largest absolute Gasteiger partial charge is 0.383 e. The molecule has 0 aliphatic carbocycles. The van der Waals surface area contributed by atoms with E-state index in [1.807, 2.05) is 36.9 Å². The second-order valence-corrected chi connectivity index (χ2v) is 9.61. The van der Waals surface area contributed by atoms with E-state index in [-0.39, 0.29) is 22.9 Å². The summed E-state index contributed by atoms with van der Waals surface area (Å²) in [6, 6.07) is 7.14. The number of benzene rings is 1. The highest BCUT2D eigenvalue weighted by atomic mass is 16.5. The number of ether oxygens (including phenoxy) is 1. The van der Waals surface area contributed by atoms with Crippen LogP contribution in [0.1, 0.15) is 72.7 Å². The predicted octanol–water partition coefficient (Wildman–Crippen LogP) is 4.80. The predicted molar refractivity (Wildman–Crippen MR) is 126 cm³/mol. The highest BCUT2D eigenvalue weighted by molar-refractivity contribution is 5.78. The van der Waals surface area contributed by atoms with Gasteiger partial charge in [-0.15, -0.1) is 0 Å². The number of hydrogen-bond donors (Lipinski definition) is 0. The number of aromatic nitrogens is 2. The maximum atomic E-state index is 13.3. The van der Waals surface area contributed by atoms with E-state index in [0.29, 0.717) is 55.2 Å². The van der Waals surface area contributed by atoms with Crippen molar-refractivity contribution in [2.24, 2.45) is 11.3 Å². The van der Waals surface area contributed by atoms with Crippen molar-refractivity contribution in [3.8, 4) is 0 Å². The Morgan fingerprint density at radius 3 is 2.48 bits per heavy atom. The smallest absolute Gasteiger partial charge is 0.261 e. The first-order valence-electron chi connectivity index (χ1n) is 11.4. The lowest BCUT2D eigenvalue weighted by Crippen LogP contribution is -2.39. The Morgan fingerprint density at radius 1 is 1.23 bits per heavy atom. The van der Waals surface area contributed by atoms with E-state index in [0.717, 1.165) is 6.42 Å². The molecule has 2 unspecified atom stereocenters. The van der Waals surface area contributed by atoms with Crippen LogP contribution in [0.2, 0.25) is 0 Å². The van der Waals surface area contributed by atoms with Crippen molar-refractivity contribution in [1.29, 1.82) is 0 Å². The zero-order valence-electron chi connectivity index (χ0n) is 20.3. The molecule has 172 valence electrons. The van der Waals surface area contributed by atoms with Crippen molar-refractivity contribution in [1.82, 2.24) is 14.5 Å². The van der Waals surface area contributed by atoms with Crippen LogP contribution in [0.25, 0.3) is 10.9 Å². The van der Waals surface area contributed by atoms with Gasteiger partial charge in [0.2, 0.25) is 5.91 Å². The molecule has 6 nitrogen and oxygen atoms in total. The van der Waals surface area contributed by atoms with Crippen LogP contribution >= 0.6 is 0 Å². The monoisotopic (exact) mass is 429 g/mol. The second-order valence-electron chi connectivity index (χ2n) is 9.61. The van der Waals surface area contributed by atoms with Gasteiger partial charge in [-0.25, -0.2) is 4.98 Å². The normalized spacial score (nSPS) is 13.9. The highest BCUT2D eigenvalue weighted by Crippen LogP contribution is 2.29. The van der Waals surface area contributed by atoms with Crippen molar-refractivity contribution >= 4 is 16.8 Å². The summed E-state index contributed by atoms with van der Waals surface area (Å²) in [5.41, 5.74) is 0.765. The molecule has 1 heterocycles. The average Bonchev–Trinajstić information content (AvgIpc) is 2.69. The number of carbonyl (C=O) groups excluding carboxylic acids is 1. The minimum absolute atomic E-state index is 0.0827. The molecular weight excluding hydrogens is 390 g/mol. The molecule has 0 saturated carbocycles. The number of methoxy groups -OCH3 is 1. The fraction of sp³-hybridized carbons (Fsp3) is 0.640. The second kappa shape index (κ2) is 10.9. The van der Waals surface area contributed by atoms with Gasteiger partial charge in [-0.1, -0.05) is 46.8 Å². The molecule has 6 heteroatoms. The molecule has 0 spiro atoms. The molecule has 0 aliphatic rings. The molecule has 1 aromatic carbocycles. The van der Waals surface area contributed by atoms with Crippen LogP contribution in [0.4, 0.5) is 0 Å². The summed E-state index contributed by atoms with van der Waals surface area (Å²) in [6.45, 7) is 14.2. The van der Waals surface area contributed by atoms with Crippen LogP contribution < -0.4 is 5.56 Å². The van der Waals surface area contributed by atoms with Crippen LogP contribution in [0.5, 0.6) is 0 Å². The third kappa shape index (κ3) is 6.39. The molecule has 1 amide bonds. The number of hydrogen-bond acceptors (Lipinski definition) is 4. The molecule has 1 aromatic heterocycles. The van der Waals surface area contributed by atoms with Gasteiger partial charge >= 0.3 is 0 Å². The maximum Gasteiger partial charge on any atom is 0.261 e. The van der Waals surface area contributed by atoms with Crippen molar-refractivity contribution in [3.05, 3.63) is 40.4 Å². The van der Waals surface area contributed by atoms with E-state index in [1.54, 1.807) is 17.7 Å². The Hall–Kier alpha value is -2.21. The molecule has 0 fully saturated rings. The maximum absolute atomic E-state index is 13.3. The molecule has 0 aliphatic heterocycles. The topological polar surface area (TPSA) is 64.4 Å². The number of para-hydroxylation sites is 1. The average molecular weight is 430 g/mol. The van der Waals surface area contributed by atoms with Gasteiger partial charge in [-0.05, 0) is 43.2 Å². The Morgan fingerprint density at radius 2 is 1.90 bits per heavy atom. The van der Waals surface area contributed by atoms with E-state index in [1.165, 1.54) is 0 Å². The number of rotatable bonds is 10. The first kappa shape index (κ1) is 25.1. The van der Waals surface area contributed by atoms with E-state index in [2.05, 4.69) is 27.7 Å². The van der Waals surface area contributed by atoms with Gasteiger partial charge in [0.25, 0.3) is 5.56 Å². The summed E-state index contributed by atoms with van der Waals surface area (Å²) < 4.78 is 6.94. The van der Waals surface area contributed by atoms with E-state index < -0.39 is 0 Å². The summed E-state index contributed by atoms with van der Waals surface area (Å²) >= 11 is 0. The van der Waals surface area contributed by atoms with Gasteiger partial charge in [0.1, 0.15) is 5.82 Å². The molecule has 2 rings (SSSR count). The standard InChI is InChI=1S/C25H39N3O3/c1-8-21(27(9-2)22(29)16-18(3)17-25(4,5)6)23-26-20-13-11-10-12-19(20)24(30)28(23)14-15-31-7/h10-13,18,21H,8-9,14-17H2,1-7H3. The van der Waals surface area contributed by atoms with Crippen molar-refractivity contribution in [2.45, 2.75) is 73.4 Å². The zero-order valence-corrected chi connectivity index (χ0v) is 20.3. The van der Waals surface area contributed by atoms with Crippen LogP contribution in [0.15, 0.2) is 29.1 Å². The molecule has 31 heavy (non-hydrogen) atoms. The van der Waals surface area contributed by atoms with Gasteiger partial charge in [0.15, 0.2) is 0 Å². The van der Waals surface area contributed by atoms with Gasteiger partial charge in [-0.3, -0.25) is 14.2 Å². The minimum Gasteiger partial charge on any atom is -0.383 e. The fourth-order valence-corrected chi connectivity index (χ4v) is 4.48. The van der Waals surface area contributed by atoms with Gasteiger partial charge in [0.05, 0.1) is 30.1 Å². The Kier molecular flexibility index (Phi) is 8.80. The molecule has 0 radical (unpaired) electrons. The van der Waals surface area contributed by atoms with E-state index in [9.17, 15) is 9.59 Å². The molecule has 0 bridgehead atoms. The zero-order chi connectivity index (χ0) is 23.2. The Labute approximate surface area is 186 Å². The fourth-order valence-electron chi connectivity index (χ4n) is 4.48. The van der Waals surface area contributed by atoms with Crippen LogP contribution in [-0.2, 0) is 16.1 Å². The van der Waals surface area contributed by atoms with Gasteiger partial charge < -0.3 is 9.64 Å². The summed E-state index contributed by atoms with van der Waals surface area (Å²) in [5.74, 6) is 1.05. The number of nitrogens with zero attached hydrogens (tertiary/aromatic N) is 3. The summed E-state index contributed by atoms with van der Waals surface area (Å²) in [5, 5.41) is 0.588. The third-order valence-electron chi connectivity index (χ3n) is 5.62. The molecule has 2 aromatic rings. The van der Waals surface area contributed by atoms with Crippen molar-refractivity contribution < 1.29 is 9.53 Å². The SMILES string of the molecule is CCC(c1nc2ccccc2c(=O)n1CCOC)N(CC)C(=O)CC(C)CC(C)(C)C. The van der Waals surface area contributed by atoms with Gasteiger partial charge in [0, 0.05) is 20.1 Å². The van der Waals surface area contributed by atoms with Crippen molar-refractivity contribution in [3.63, 3.8) is 0 Å². The van der Waals surface area contributed by atoms with Crippen LogP contribution in [-0.4, -0.2) is 40.6 Å². The molecular formula is C25H39N3O3. The first-order chi connectivity index (χ1) is 14.6. The Balaban J connectivity index is 2.46. The highest BCUT2D eigenvalue weighted by Gasteiger charge is 2.29. The number of fused-ring (bicyclic) bond motifs is 1. The lowest BCUT2D eigenvalue weighted by atomic mass is 9.84. The van der Waals surface area contributed by atoms with Crippen LogP contribution in [0.3, 0.4) is 0 Å². The first-order valence-corrected chi connectivity index (χ1v) is 11.4. The minimum atomic E-state index is -0.256. The van der Waals surface area contributed by atoms with E-state index in [4.69, 9.17) is 9.72 Å².